The molecule has 1 aromatic heterocycles. The van der Waals surface area contributed by atoms with Crippen LogP contribution in [0.5, 0.6) is 0 Å². The maximum absolute atomic E-state index is 13.4. The van der Waals surface area contributed by atoms with Crippen molar-refractivity contribution in [2.24, 2.45) is 0 Å². The van der Waals surface area contributed by atoms with Crippen molar-refractivity contribution in [2.75, 3.05) is 32.6 Å². The number of fused-ring (bicyclic) bond motifs is 3. The molecular weight excluding hydrogens is 478 g/mol. The van der Waals surface area contributed by atoms with Gasteiger partial charge in [0.2, 0.25) is 0 Å². The van der Waals surface area contributed by atoms with E-state index in [1.54, 1.807) is 33.8 Å². The molecule has 9 nitrogen and oxygen atoms in total. The third kappa shape index (κ3) is 4.43. The lowest BCUT2D eigenvalue weighted by Gasteiger charge is -2.26. The predicted octanol–water partition coefficient (Wildman–Crippen LogP) is 2.11. The van der Waals surface area contributed by atoms with Gasteiger partial charge >= 0.3 is 0 Å². The SMILES string of the molecule is CS(=O)(=O)OCc1ccc(-n2nc(C(=O)N3CCOCC3)c3c2-c2ccccc2S(=O)C3)cc1. The highest BCUT2D eigenvalue weighted by Crippen LogP contribution is 2.39. The van der Waals surface area contributed by atoms with Crippen LogP contribution in [0.25, 0.3) is 16.9 Å². The van der Waals surface area contributed by atoms with Crippen LogP contribution in [-0.4, -0.2) is 65.8 Å². The second kappa shape index (κ2) is 9.06. The molecule has 3 heterocycles. The van der Waals surface area contributed by atoms with Crippen LogP contribution < -0.4 is 0 Å². The number of rotatable bonds is 5. The van der Waals surface area contributed by atoms with Crippen LogP contribution in [0, 0.1) is 0 Å². The van der Waals surface area contributed by atoms with Gasteiger partial charge in [0, 0.05) is 29.1 Å². The van der Waals surface area contributed by atoms with Gasteiger partial charge in [-0.05, 0) is 23.8 Å². The summed E-state index contributed by atoms with van der Waals surface area (Å²) in [5.74, 6) is 0.00533. The number of amides is 1. The van der Waals surface area contributed by atoms with Crippen molar-refractivity contribution in [1.82, 2.24) is 14.7 Å². The molecule has 0 spiro atoms. The molecule has 178 valence electrons. The Bertz CT molecular complexity index is 1380. The predicted molar refractivity (Wildman–Crippen MR) is 125 cm³/mol. The zero-order valence-corrected chi connectivity index (χ0v) is 20.1. The largest absolute Gasteiger partial charge is 0.378 e. The molecule has 5 rings (SSSR count). The van der Waals surface area contributed by atoms with Crippen molar-refractivity contribution in [3.05, 3.63) is 65.4 Å². The normalized spacial score (nSPS) is 17.8. The molecule has 0 N–H and O–H groups in total. The molecule has 1 fully saturated rings. The summed E-state index contributed by atoms with van der Waals surface area (Å²) in [7, 11) is -4.84. The van der Waals surface area contributed by atoms with Gasteiger partial charge in [0.05, 0.1) is 54.0 Å². The lowest BCUT2D eigenvalue weighted by atomic mass is 10.0. The maximum Gasteiger partial charge on any atom is 0.274 e. The van der Waals surface area contributed by atoms with Crippen LogP contribution in [0.3, 0.4) is 0 Å². The second-order valence-corrected chi connectivity index (χ2v) is 11.2. The molecule has 0 bridgehead atoms. The number of hydrogen-bond donors (Lipinski definition) is 0. The Balaban J connectivity index is 1.59. The minimum atomic E-state index is -3.55. The summed E-state index contributed by atoms with van der Waals surface area (Å²) in [6, 6.07) is 14.5. The Morgan fingerprint density at radius 1 is 1.12 bits per heavy atom. The first-order valence-corrected chi connectivity index (χ1v) is 13.9. The van der Waals surface area contributed by atoms with E-state index >= 15 is 0 Å². The number of benzene rings is 2. The molecule has 0 aliphatic carbocycles. The van der Waals surface area contributed by atoms with Gasteiger partial charge in [-0.25, -0.2) is 4.68 Å². The van der Waals surface area contributed by atoms with E-state index in [1.807, 2.05) is 24.3 Å². The number of hydrogen-bond acceptors (Lipinski definition) is 7. The van der Waals surface area contributed by atoms with E-state index < -0.39 is 20.9 Å². The summed E-state index contributed by atoms with van der Waals surface area (Å²) in [5.41, 5.74) is 3.86. The third-order valence-corrected chi connectivity index (χ3v) is 7.71. The van der Waals surface area contributed by atoms with Crippen molar-refractivity contribution in [3.63, 3.8) is 0 Å². The number of aromatic nitrogens is 2. The fourth-order valence-corrected chi connectivity index (χ4v) is 5.80. The van der Waals surface area contributed by atoms with Gasteiger partial charge in [-0.2, -0.15) is 13.5 Å². The Kier molecular flexibility index (Phi) is 6.11. The van der Waals surface area contributed by atoms with Crippen LogP contribution in [0.1, 0.15) is 21.6 Å². The third-order valence-electron chi connectivity index (χ3n) is 5.77. The molecule has 2 aliphatic rings. The van der Waals surface area contributed by atoms with Gasteiger partial charge < -0.3 is 9.64 Å². The van der Waals surface area contributed by atoms with Crippen LogP contribution in [0.15, 0.2) is 53.4 Å². The van der Waals surface area contributed by atoms with E-state index in [0.29, 0.717) is 53.7 Å². The smallest absolute Gasteiger partial charge is 0.274 e. The van der Waals surface area contributed by atoms with Crippen LogP contribution in [-0.2, 0) is 42.2 Å². The van der Waals surface area contributed by atoms with Gasteiger partial charge in [0.1, 0.15) is 0 Å². The molecular formula is C23H23N3O6S2. The van der Waals surface area contributed by atoms with E-state index in [1.165, 1.54) is 0 Å². The fraction of sp³-hybridized carbons (Fsp3) is 0.304. The molecule has 1 atom stereocenters. The second-order valence-electron chi connectivity index (χ2n) is 8.11. The van der Waals surface area contributed by atoms with Crippen LogP contribution >= 0.6 is 0 Å². The Morgan fingerprint density at radius 3 is 2.53 bits per heavy atom. The molecule has 0 radical (unpaired) electrons. The van der Waals surface area contributed by atoms with Crippen LogP contribution in [0.4, 0.5) is 0 Å². The topological polar surface area (TPSA) is 108 Å². The van der Waals surface area contributed by atoms with E-state index in [0.717, 1.165) is 17.5 Å². The number of carbonyl (C=O) groups is 1. The molecule has 2 aromatic carbocycles. The molecule has 1 amide bonds. The van der Waals surface area contributed by atoms with Gasteiger partial charge in [-0.15, -0.1) is 0 Å². The van der Waals surface area contributed by atoms with Crippen molar-refractivity contribution >= 4 is 26.8 Å². The standard InChI is InChI=1S/C23H23N3O6S2/c1-34(29,30)32-14-16-6-8-17(9-7-16)26-22-18-4-2-3-5-20(18)33(28)15-19(22)21(24-26)23(27)25-10-12-31-13-11-25/h2-9H,10-15H2,1H3. The van der Waals surface area contributed by atoms with Crippen LogP contribution in [0.2, 0.25) is 0 Å². The summed E-state index contributed by atoms with van der Waals surface area (Å²) in [6.45, 7) is 1.84. The van der Waals surface area contributed by atoms with E-state index in [2.05, 4.69) is 0 Å². The Labute approximate surface area is 199 Å². The van der Waals surface area contributed by atoms with Gasteiger partial charge in [0.25, 0.3) is 16.0 Å². The highest BCUT2D eigenvalue weighted by atomic mass is 32.2. The summed E-state index contributed by atoms with van der Waals surface area (Å²) in [5, 5.41) is 4.71. The monoisotopic (exact) mass is 501 g/mol. The first-order valence-electron chi connectivity index (χ1n) is 10.7. The molecule has 1 unspecified atom stereocenters. The number of morpholine rings is 1. The summed E-state index contributed by atoms with van der Waals surface area (Å²) < 4.78 is 47.5. The lowest BCUT2D eigenvalue weighted by Crippen LogP contribution is -2.41. The molecule has 11 heteroatoms. The highest BCUT2D eigenvalue weighted by Gasteiger charge is 2.34. The summed E-state index contributed by atoms with van der Waals surface area (Å²) in [4.78, 5) is 15.8. The zero-order valence-electron chi connectivity index (χ0n) is 18.5. The zero-order chi connectivity index (χ0) is 23.9. The van der Waals surface area contributed by atoms with Crippen molar-refractivity contribution in [1.29, 1.82) is 0 Å². The van der Waals surface area contributed by atoms with Crippen molar-refractivity contribution < 1.29 is 26.3 Å². The molecule has 1 saturated heterocycles. The summed E-state index contributed by atoms with van der Waals surface area (Å²) >= 11 is 0. The molecule has 0 saturated carbocycles. The first kappa shape index (κ1) is 22.9. The lowest BCUT2D eigenvalue weighted by molar-refractivity contribution is 0.0298. The minimum absolute atomic E-state index is 0.0705. The van der Waals surface area contributed by atoms with Crippen molar-refractivity contribution in [3.8, 4) is 16.9 Å². The molecule has 3 aromatic rings. The number of carbonyl (C=O) groups excluding carboxylic acids is 1. The number of nitrogens with zero attached hydrogens (tertiary/aromatic N) is 3. The summed E-state index contributed by atoms with van der Waals surface area (Å²) in [6.07, 6.45) is 1.01. The highest BCUT2D eigenvalue weighted by molar-refractivity contribution is 7.86. The first-order chi connectivity index (χ1) is 16.3. The average Bonchev–Trinajstić information content (AvgIpc) is 3.22. The molecule has 2 aliphatic heterocycles. The maximum atomic E-state index is 13.4. The van der Waals surface area contributed by atoms with E-state index in [-0.39, 0.29) is 18.3 Å². The van der Waals surface area contributed by atoms with E-state index in [9.17, 15) is 17.4 Å². The molecule has 34 heavy (non-hydrogen) atoms. The van der Waals surface area contributed by atoms with Gasteiger partial charge in [-0.3, -0.25) is 13.2 Å². The Hall–Kier alpha value is -2.86. The number of ether oxygens (including phenoxy) is 1. The average molecular weight is 502 g/mol. The quantitative estimate of drug-likeness (QED) is 0.493. The Morgan fingerprint density at radius 2 is 1.82 bits per heavy atom. The van der Waals surface area contributed by atoms with E-state index in [4.69, 9.17) is 14.0 Å². The fourth-order valence-electron chi connectivity index (χ4n) is 4.12. The van der Waals surface area contributed by atoms with Gasteiger partial charge in [0.15, 0.2) is 5.69 Å². The van der Waals surface area contributed by atoms with Gasteiger partial charge in [-0.1, -0.05) is 30.3 Å². The minimum Gasteiger partial charge on any atom is -0.378 e. The van der Waals surface area contributed by atoms with Crippen molar-refractivity contribution in [2.45, 2.75) is 17.3 Å².